The van der Waals surface area contributed by atoms with Crippen LogP contribution in [-0.2, 0) is 17.5 Å². The number of benzene rings is 1. The molecular weight excluding hydrogens is 360 g/mol. The monoisotopic (exact) mass is 388 g/mol. The van der Waals surface area contributed by atoms with Crippen molar-refractivity contribution in [2.75, 3.05) is 6.54 Å². The van der Waals surface area contributed by atoms with Crippen LogP contribution in [0.25, 0.3) is 0 Å². The van der Waals surface area contributed by atoms with E-state index < -0.39 is 23.6 Å². The largest absolute Gasteiger partial charge is 0.416 e. The predicted octanol–water partition coefficient (Wildman–Crippen LogP) is 4.61. The lowest BCUT2D eigenvalue weighted by molar-refractivity contribution is -0.139. The third kappa shape index (κ3) is 5.92. The lowest BCUT2D eigenvalue weighted by Gasteiger charge is -2.41. The molecule has 1 fully saturated rings. The van der Waals surface area contributed by atoms with Crippen LogP contribution in [0.3, 0.4) is 0 Å². The Bertz CT molecular complexity index is 658. The third-order valence-corrected chi connectivity index (χ3v) is 4.75. The molecule has 1 aromatic carbocycles. The maximum atomic E-state index is 13.4. The summed E-state index contributed by atoms with van der Waals surface area (Å²) in [6.07, 6.45) is -3.32. The van der Waals surface area contributed by atoms with Gasteiger partial charge in [-0.1, -0.05) is 33.8 Å². The molecule has 1 aliphatic heterocycles. The number of alkyl halides is 3. The maximum Gasteiger partial charge on any atom is 0.416 e. The Labute approximate surface area is 158 Å². The lowest BCUT2D eigenvalue weighted by atomic mass is 9.94. The van der Waals surface area contributed by atoms with Gasteiger partial charge in [0.15, 0.2) is 0 Å². The third-order valence-electron chi connectivity index (χ3n) is 4.75. The number of hydrogen-bond donors (Lipinski definition) is 1. The van der Waals surface area contributed by atoms with Gasteiger partial charge in [0.2, 0.25) is 5.91 Å². The molecule has 0 bridgehead atoms. The molecule has 0 radical (unpaired) electrons. The van der Waals surface area contributed by atoms with Gasteiger partial charge in [-0.05, 0) is 42.4 Å². The first-order valence-electron chi connectivity index (χ1n) is 9.37. The molecular formula is C20H28F4N2O. The molecule has 7 heteroatoms. The second-order valence-electron chi connectivity index (χ2n) is 8.21. The van der Waals surface area contributed by atoms with Crippen LogP contribution < -0.4 is 5.32 Å². The van der Waals surface area contributed by atoms with Gasteiger partial charge in [0.25, 0.3) is 0 Å². The highest BCUT2D eigenvalue weighted by Gasteiger charge is 2.38. The quantitative estimate of drug-likeness (QED) is 0.722. The molecule has 152 valence electrons. The van der Waals surface area contributed by atoms with Gasteiger partial charge in [-0.25, -0.2) is 4.39 Å². The topological polar surface area (TPSA) is 32.3 Å². The minimum atomic E-state index is -4.64. The van der Waals surface area contributed by atoms with Gasteiger partial charge in [-0.3, -0.25) is 9.69 Å². The molecule has 0 aromatic heterocycles. The molecule has 27 heavy (non-hydrogen) atoms. The van der Waals surface area contributed by atoms with Crippen molar-refractivity contribution in [3.05, 3.63) is 35.1 Å². The standard InChI is InChI=1S/C20H28F4N2O/c1-12(2)7-16-11-26(18(8-13(3)4)19(27)25-16)10-14-5-6-15(21)9-17(14)20(22,23)24/h5-6,9,12-13,16,18H,7-8,10-11H2,1-4H3,(H,25,27). The summed E-state index contributed by atoms with van der Waals surface area (Å²) >= 11 is 0. The molecule has 3 nitrogen and oxygen atoms in total. The van der Waals surface area contributed by atoms with E-state index in [-0.39, 0.29) is 30.0 Å². The van der Waals surface area contributed by atoms with Gasteiger partial charge >= 0.3 is 6.18 Å². The molecule has 2 rings (SSSR count). The van der Waals surface area contributed by atoms with Crippen LogP contribution in [0.5, 0.6) is 0 Å². The van der Waals surface area contributed by atoms with Crippen molar-refractivity contribution in [3.8, 4) is 0 Å². The smallest absolute Gasteiger partial charge is 0.351 e. The van der Waals surface area contributed by atoms with E-state index in [2.05, 4.69) is 5.32 Å². The highest BCUT2D eigenvalue weighted by molar-refractivity contribution is 5.82. The molecule has 1 heterocycles. The zero-order valence-electron chi connectivity index (χ0n) is 16.2. The van der Waals surface area contributed by atoms with E-state index in [1.54, 1.807) is 0 Å². The maximum absolute atomic E-state index is 13.4. The summed E-state index contributed by atoms with van der Waals surface area (Å²) in [5.41, 5.74) is -0.979. The number of amides is 1. The van der Waals surface area contributed by atoms with Crippen molar-refractivity contribution >= 4 is 5.91 Å². The Morgan fingerprint density at radius 2 is 1.78 bits per heavy atom. The summed E-state index contributed by atoms with van der Waals surface area (Å²) in [5, 5.41) is 3.01. The summed E-state index contributed by atoms with van der Waals surface area (Å²) in [4.78, 5) is 14.4. The fourth-order valence-electron chi connectivity index (χ4n) is 3.67. The average molecular weight is 388 g/mol. The van der Waals surface area contributed by atoms with E-state index >= 15 is 0 Å². The summed E-state index contributed by atoms with van der Waals surface area (Å²) in [6, 6.07) is 2.16. The first-order valence-corrected chi connectivity index (χ1v) is 9.37. The second-order valence-corrected chi connectivity index (χ2v) is 8.21. The van der Waals surface area contributed by atoms with E-state index in [0.29, 0.717) is 24.9 Å². The van der Waals surface area contributed by atoms with E-state index in [4.69, 9.17) is 0 Å². The number of halogens is 4. The van der Waals surface area contributed by atoms with E-state index in [9.17, 15) is 22.4 Å². The SMILES string of the molecule is CC(C)CC1CN(Cc2ccc(F)cc2C(F)(F)F)C(CC(C)C)C(=O)N1. The Morgan fingerprint density at radius 1 is 1.15 bits per heavy atom. The molecule has 1 N–H and O–H groups in total. The van der Waals surface area contributed by atoms with Gasteiger partial charge in [0.1, 0.15) is 5.82 Å². The number of nitrogens with one attached hydrogen (secondary N) is 1. The van der Waals surface area contributed by atoms with Gasteiger partial charge in [-0.15, -0.1) is 0 Å². The first-order chi connectivity index (χ1) is 12.5. The highest BCUT2D eigenvalue weighted by atomic mass is 19.4. The number of hydrogen-bond acceptors (Lipinski definition) is 2. The summed E-state index contributed by atoms with van der Waals surface area (Å²) in [5.74, 6) is -0.481. The zero-order chi connectivity index (χ0) is 20.4. The summed E-state index contributed by atoms with van der Waals surface area (Å²) in [7, 11) is 0. The van der Waals surface area contributed by atoms with Crippen molar-refractivity contribution in [1.29, 1.82) is 0 Å². The Hall–Kier alpha value is -1.63. The molecule has 2 unspecified atom stereocenters. The van der Waals surface area contributed by atoms with Crippen LogP contribution in [0.4, 0.5) is 17.6 Å². The van der Waals surface area contributed by atoms with Crippen molar-refractivity contribution in [2.24, 2.45) is 11.8 Å². The number of carbonyl (C=O) groups excluding carboxylic acids is 1. The molecule has 0 aliphatic carbocycles. The van der Waals surface area contributed by atoms with Crippen LogP contribution in [0, 0.1) is 17.7 Å². The van der Waals surface area contributed by atoms with Crippen LogP contribution in [0.2, 0.25) is 0 Å². The lowest BCUT2D eigenvalue weighted by Crippen LogP contribution is -2.60. The Kier molecular flexibility index (Phi) is 6.89. The summed E-state index contributed by atoms with van der Waals surface area (Å²) < 4.78 is 53.4. The zero-order valence-corrected chi connectivity index (χ0v) is 16.2. The molecule has 1 aliphatic rings. The molecule has 1 aromatic rings. The minimum absolute atomic E-state index is 0.00402. The normalized spacial score (nSPS) is 21.8. The van der Waals surface area contributed by atoms with Crippen LogP contribution >= 0.6 is 0 Å². The predicted molar refractivity (Wildman–Crippen MR) is 96.4 cm³/mol. The highest BCUT2D eigenvalue weighted by Crippen LogP contribution is 2.34. The average Bonchev–Trinajstić information content (AvgIpc) is 2.50. The van der Waals surface area contributed by atoms with Crippen LogP contribution in [0.1, 0.15) is 51.7 Å². The Morgan fingerprint density at radius 3 is 2.33 bits per heavy atom. The fraction of sp³-hybridized carbons (Fsp3) is 0.650. The van der Waals surface area contributed by atoms with E-state index in [0.717, 1.165) is 12.5 Å². The minimum Gasteiger partial charge on any atom is -0.351 e. The molecule has 1 saturated heterocycles. The van der Waals surface area contributed by atoms with Gasteiger partial charge in [-0.2, -0.15) is 13.2 Å². The first kappa shape index (κ1) is 21.7. The van der Waals surface area contributed by atoms with Crippen molar-refractivity contribution < 1.29 is 22.4 Å². The van der Waals surface area contributed by atoms with Gasteiger partial charge in [0.05, 0.1) is 11.6 Å². The van der Waals surface area contributed by atoms with Crippen molar-refractivity contribution in [1.82, 2.24) is 10.2 Å². The molecule has 1 amide bonds. The second kappa shape index (κ2) is 8.59. The molecule has 0 saturated carbocycles. The van der Waals surface area contributed by atoms with Gasteiger partial charge < -0.3 is 5.32 Å². The number of piperazine rings is 1. The molecule has 2 atom stereocenters. The summed E-state index contributed by atoms with van der Waals surface area (Å²) in [6.45, 7) is 8.48. The van der Waals surface area contributed by atoms with Crippen molar-refractivity contribution in [2.45, 2.75) is 65.3 Å². The molecule has 0 spiro atoms. The van der Waals surface area contributed by atoms with Crippen molar-refractivity contribution in [3.63, 3.8) is 0 Å². The fourth-order valence-corrected chi connectivity index (χ4v) is 3.67. The number of carbonyl (C=O) groups is 1. The van der Waals surface area contributed by atoms with Gasteiger partial charge in [0, 0.05) is 19.1 Å². The Balaban J connectivity index is 2.32. The van der Waals surface area contributed by atoms with Crippen LogP contribution in [0.15, 0.2) is 18.2 Å². The van der Waals surface area contributed by atoms with E-state index in [1.165, 1.54) is 6.07 Å². The number of rotatable bonds is 6. The van der Waals surface area contributed by atoms with E-state index in [1.807, 2.05) is 32.6 Å². The van der Waals surface area contributed by atoms with Crippen LogP contribution in [-0.4, -0.2) is 29.4 Å². The number of nitrogens with zero attached hydrogens (tertiary/aromatic N) is 1.